The van der Waals surface area contributed by atoms with Gasteiger partial charge in [-0.15, -0.1) is 0 Å². The third-order valence-electron chi connectivity index (χ3n) is 1.76. The van der Waals surface area contributed by atoms with Gasteiger partial charge in [0, 0.05) is 0 Å². The van der Waals surface area contributed by atoms with Gasteiger partial charge in [-0.3, -0.25) is 0 Å². The van der Waals surface area contributed by atoms with Gasteiger partial charge in [-0.25, -0.2) is 0 Å². The predicted molar refractivity (Wildman–Crippen MR) is 46.4 cm³/mol. The first-order valence-corrected chi connectivity index (χ1v) is 4.19. The van der Waals surface area contributed by atoms with Crippen molar-refractivity contribution in [3.8, 4) is 0 Å². The van der Waals surface area contributed by atoms with Gasteiger partial charge in [0.1, 0.15) is 0 Å². The van der Waals surface area contributed by atoms with Crippen molar-refractivity contribution in [2.24, 2.45) is 0 Å². The highest BCUT2D eigenvalue weighted by atomic mass is 16.3. The zero-order chi connectivity index (χ0) is 8.69. The summed E-state index contributed by atoms with van der Waals surface area (Å²) in [4.78, 5) is 0. The smallest absolute Gasteiger partial charge is 0.0769 e. The molecule has 0 saturated carbocycles. The van der Waals surface area contributed by atoms with Crippen molar-refractivity contribution in [1.29, 1.82) is 0 Å². The van der Waals surface area contributed by atoms with Crippen LogP contribution in [0.3, 0.4) is 0 Å². The van der Waals surface area contributed by atoms with Gasteiger partial charge in [-0.2, -0.15) is 0 Å². The first-order chi connectivity index (χ1) is 5.22. The predicted octanol–water partition coefficient (Wildman–Crippen LogP) is 1.48. The Hall–Kier alpha value is -0.340. The van der Waals surface area contributed by atoms with Crippen molar-refractivity contribution < 1.29 is 10.2 Å². The van der Waals surface area contributed by atoms with E-state index >= 15 is 0 Å². The van der Waals surface area contributed by atoms with Crippen LogP contribution >= 0.6 is 0 Å². The van der Waals surface area contributed by atoms with E-state index in [-0.39, 0.29) is 6.61 Å². The van der Waals surface area contributed by atoms with Gasteiger partial charge >= 0.3 is 0 Å². The molecule has 0 aromatic carbocycles. The fraction of sp³-hybridized carbons (Fsp3) is 0.778. The Balaban J connectivity index is 3.36. The highest BCUT2D eigenvalue weighted by Gasteiger charge is 2.05. The van der Waals surface area contributed by atoms with Crippen LogP contribution < -0.4 is 0 Å². The van der Waals surface area contributed by atoms with E-state index in [1.165, 1.54) is 0 Å². The summed E-state index contributed by atoms with van der Waals surface area (Å²) >= 11 is 0. The average molecular weight is 158 g/mol. The second-order valence-electron chi connectivity index (χ2n) is 2.83. The Labute approximate surface area is 68.6 Å². The molecule has 0 aromatic heterocycles. The van der Waals surface area contributed by atoms with Crippen molar-refractivity contribution in [3.63, 3.8) is 0 Å². The summed E-state index contributed by atoms with van der Waals surface area (Å²) in [6, 6.07) is 0. The van der Waals surface area contributed by atoms with Crippen molar-refractivity contribution in [1.82, 2.24) is 0 Å². The molecule has 11 heavy (non-hydrogen) atoms. The normalized spacial score (nSPS) is 13.0. The molecule has 0 fully saturated rings. The molecule has 0 aliphatic heterocycles. The number of hydrogen-bond donors (Lipinski definition) is 2. The van der Waals surface area contributed by atoms with E-state index in [1.54, 1.807) is 0 Å². The lowest BCUT2D eigenvalue weighted by molar-refractivity contribution is 0.175. The number of aliphatic hydroxyl groups excluding tert-OH is 2. The Morgan fingerprint density at radius 2 is 2.09 bits per heavy atom. The Kier molecular flexibility index (Phi) is 6.18. The molecule has 0 aliphatic carbocycles. The minimum Gasteiger partial charge on any atom is -0.392 e. The van der Waals surface area contributed by atoms with Crippen molar-refractivity contribution in [2.75, 3.05) is 6.61 Å². The zero-order valence-electron chi connectivity index (χ0n) is 7.21. The minimum absolute atomic E-state index is 0.104. The first-order valence-electron chi connectivity index (χ1n) is 4.19. The highest BCUT2D eigenvalue weighted by molar-refractivity contribution is 5.00. The molecule has 0 rings (SSSR count). The Morgan fingerprint density at radius 1 is 1.45 bits per heavy atom. The van der Waals surface area contributed by atoms with E-state index in [1.807, 2.05) is 0 Å². The number of aliphatic hydroxyl groups is 2. The molecule has 66 valence electrons. The van der Waals surface area contributed by atoms with E-state index in [9.17, 15) is 5.11 Å². The average Bonchev–Trinajstić information content (AvgIpc) is 2.03. The van der Waals surface area contributed by atoms with Gasteiger partial charge in [-0.1, -0.05) is 32.8 Å². The molecular weight excluding hydrogens is 140 g/mol. The van der Waals surface area contributed by atoms with Crippen LogP contribution in [0.2, 0.25) is 0 Å². The van der Waals surface area contributed by atoms with Crippen LogP contribution in [0.15, 0.2) is 12.2 Å². The molecule has 0 bridgehead atoms. The summed E-state index contributed by atoms with van der Waals surface area (Å²) in [6.45, 7) is 5.57. The summed E-state index contributed by atoms with van der Waals surface area (Å²) in [5.41, 5.74) is 0.529. The van der Waals surface area contributed by atoms with Crippen LogP contribution in [0.25, 0.3) is 0 Å². The molecular formula is C9H18O2. The summed E-state index contributed by atoms with van der Waals surface area (Å²) < 4.78 is 0. The maximum atomic E-state index is 9.28. The lowest BCUT2D eigenvalue weighted by Gasteiger charge is -2.10. The molecule has 0 heterocycles. The van der Waals surface area contributed by atoms with Gasteiger partial charge < -0.3 is 10.2 Å². The second kappa shape index (κ2) is 6.38. The maximum Gasteiger partial charge on any atom is 0.0769 e. The van der Waals surface area contributed by atoms with Gasteiger partial charge in [0.25, 0.3) is 0 Å². The van der Waals surface area contributed by atoms with Gasteiger partial charge in [-0.05, 0) is 12.0 Å². The summed E-state index contributed by atoms with van der Waals surface area (Å²) in [7, 11) is 0. The molecule has 0 aromatic rings. The van der Waals surface area contributed by atoms with E-state index < -0.39 is 6.10 Å². The highest BCUT2D eigenvalue weighted by Crippen LogP contribution is 2.08. The molecule has 0 aliphatic rings. The number of hydrogen-bond acceptors (Lipinski definition) is 2. The van der Waals surface area contributed by atoms with Crippen LogP contribution in [0.5, 0.6) is 0 Å². The SMILES string of the molecule is C=C(CO)C(O)CCCCC. The van der Waals surface area contributed by atoms with Crippen molar-refractivity contribution >= 4 is 0 Å². The van der Waals surface area contributed by atoms with Crippen LogP contribution in [0.4, 0.5) is 0 Å². The van der Waals surface area contributed by atoms with Crippen LogP contribution in [-0.2, 0) is 0 Å². The Morgan fingerprint density at radius 3 is 2.55 bits per heavy atom. The minimum atomic E-state index is -0.508. The van der Waals surface area contributed by atoms with Gasteiger partial charge in [0.2, 0.25) is 0 Å². The van der Waals surface area contributed by atoms with Crippen LogP contribution in [-0.4, -0.2) is 22.9 Å². The van der Waals surface area contributed by atoms with Gasteiger partial charge in [0.05, 0.1) is 12.7 Å². The molecule has 2 N–H and O–H groups in total. The van der Waals surface area contributed by atoms with E-state index in [4.69, 9.17) is 5.11 Å². The van der Waals surface area contributed by atoms with Crippen molar-refractivity contribution in [2.45, 2.75) is 38.7 Å². The van der Waals surface area contributed by atoms with Gasteiger partial charge in [0.15, 0.2) is 0 Å². The topological polar surface area (TPSA) is 40.5 Å². The van der Waals surface area contributed by atoms with E-state index in [0.29, 0.717) is 5.57 Å². The largest absolute Gasteiger partial charge is 0.392 e. The maximum absolute atomic E-state index is 9.28. The fourth-order valence-electron chi connectivity index (χ4n) is 0.897. The summed E-state index contributed by atoms with van der Waals surface area (Å²) in [6.07, 6.45) is 3.52. The summed E-state index contributed by atoms with van der Waals surface area (Å²) in [5.74, 6) is 0. The molecule has 2 heteroatoms. The zero-order valence-corrected chi connectivity index (χ0v) is 7.21. The molecule has 2 nitrogen and oxygen atoms in total. The standard InChI is InChI=1S/C9H18O2/c1-3-4-5-6-9(11)8(2)7-10/h9-11H,2-7H2,1H3. The van der Waals surface area contributed by atoms with E-state index in [0.717, 1.165) is 25.7 Å². The fourth-order valence-corrected chi connectivity index (χ4v) is 0.897. The lowest BCUT2D eigenvalue weighted by atomic mass is 10.1. The van der Waals surface area contributed by atoms with E-state index in [2.05, 4.69) is 13.5 Å². The lowest BCUT2D eigenvalue weighted by Crippen LogP contribution is -2.11. The Bertz CT molecular complexity index is 110. The summed E-state index contributed by atoms with van der Waals surface area (Å²) in [5, 5.41) is 17.9. The molecule has 0 saturated heterocycles. The number of unbranched alkanes of at least 4 members (excludes halogenated alkanes) is 2. The third kappa shape index (κ3) is 4.99. The quantitative estimate of drug-likeness (QED) is 0.454. The molecule has 0 spiro atoms. The molecule has 1 atom stereocenters. The second-order valence-corrected chi connectivity index (χ2v) is 2.83. The molecule has 0 amide bonds. The third-order valence-corrected chi connectivity index (χ3v) is 1.76. The molecule has 1 unspecified atom stereocenters. The van der Waals surface area contributed by atoms with Crippen LogP contribution in [0.1, 0.15) is 32.6 Å². The van der Waals surface area contributed by atoms with Crippen molar-refractivity contribution in [3.05, 3.63) is 12.2 Å². The monoisotopic (exact) mass is 158 g/mol. The number of rotatable bonds is 6. The van der Waals surface area contributed by atoms with Crippen LogP contribution in [0, 0.1) is 0 Å². The first kappa shape index (κ1) is 10.7. The molecule has 0 radical (unpaired) electrons.